The molecule has 0 spiro atoms. The first-order chi connectivity index (χ1) is 11.9. The summed E-state index contributed by atoms with van der Waals surface area (Å²) in [5.41, 5.74) is 7.02. The molecular weight excluding hydrogens is 374 g/mol. The number of hydrogen-bond donors (Lipinski definition) is 3. The van der Waals surface area contributed by atoms with E-state index in [1.807, 2.05) is 6.92 Å². The van der Waals surface area contributed by atoms with Crippen molar-refractivity contribution in [2.75, 3.05) is 22.3 Å². The van der Waals surface area contributed by atoms with Crippen molar-refractivity contribution in [3.05, 3.63) is 24.3 Å². The van der Waals surface area contributed by atoms with Crippen molar-refractivity contribution in [2.24, 2.45) is 11.1 Å². The minimum absolute atomic E-state index is 0. The summed E-state index contributed by atoms with van der Waals surface area (Å²) in [6, 6.07) is 6.72. The first-order valence-corrected chi connectivity index (χ1v) is 10.6. The van der Waals surface area contributed by atoms with Gasteiger partial charge in [-0.25, -0.2) is 8.42 Å². The van der Waals surface area contributed by atoms with Crippen molar-refractivity contribution in [1.29, 1.82) is 0 Å². The van der Waals surface area contributed by atoms with Gasteiger partial charge in [0, 0.05) is 17.8 Å². The molecule has 0 heterocycles. The van der Waals surface area contributed by atoms with Gasteiger partial charge in [0.25, 0.3) is 0 Å². The molecule has 1 aliphatic rings. The van der Waals surface area contributed by atoms with E-state index in [1.54, 1.807) is 24.3 Å². The van der Waals surface area contributed by atoms with E-state index in [-0.39, 0.29) is 29.5 Å². The molecule has 0 saturated heterocycles. The average molecular weight is 404 g/mol. The maximum Gasteiger partial charge on any atom is 0.232 e. The quantitative estimate of drug-likeness (QED) is 0.618. The molecule has 2 rings (SSSR count). The molecule has 1 saturated carbocycles. The third kappa shape index (κ3) is 6.78. The van der Waals surface area contributed by atoms with Gasteiger partial charge in [0.05, 0.1) is 5.75 Å². The number of halogens is 1. The van der Waals surface area contributed by atoms with Crippen molar-refractivity contribution < 1.29 is 13.2 Å². The number of benzene rings is 1. The van der Waals surface area contributed by atoms with Crippen LogP contribution < -0.4 is 15.8 Å². The summed E-state index contributed by atoms with van der Waals surface area (Å²) >= 11 is 0. The Morgan fingerprint density at radius 2 is 1.69 bits per heavy atom. The molecule has 1 aromatic rings. The lowest BCUT2D eigenvalue weighted by Gasteiger charge is -2.35. The SMILES string of the molecule is CCCS(=O)(=O)Nc1ccc(NC(=O)CC2(CN)CCCCC2)cc1.Cl. The van der Waals surface area contributed by atoms with Crippen LogP contribution in [0.25, 0.3) is 0 Å². The van der Waals surface area contributed by atoms with Crippen LogP contribution >= 0.6 is 12.4 Å². The second-order valence-corrected chi connectivity index (χ2v) is 8.83. The predicted octanol–water partition coefficient (Wildman–Crippen LogP) is 3.50. The summed E-state index contributed by atoms with van der Waals surface area (Å²) in [6.07, 6.45) is 6.51. The Bertz CT molecular complexity index is 671. The van der Waals surface area contributed by atoms with Gasteiger partial charge in [-0.15, -0.1) is 12.4 Å². The van der Waals surface area contributed by atoms with E-state index < -0.39 is 10.0 Å². The van der Waals surface area contributed by atoms with Gasteiger partial charge in [0.1, 0.15) is 0 Å². The lowest BCUT2D eigenvalue weighted by molar-refractivity contribution is -0.118. The molecule has 0 aliphatic heterocycles. The van der Waals surface area contributed by atoms with E-state index in [2.05, 4.69) is 10.0 Å². The highest BCUT2D eigenvalue weighted by molar-refractivity contribution is 7.92. The largest absolute Gasteiger partial charge is 0.330 e. The fourth-order valence-corrected chi connectivity index (χ4v) is 4.56. The maximum absolute atomic E-state index is 12.4. The number of carbonyl (C=O) groups is 1. The van der Waals surface area contributed by atoms with Gasteiger partial charge in [0.2, 0.25) is 15.9 Å². The molecule has 4 N–H and O–H groups in total. The molecule has 8 heteroatoms. The maximum atomic E-state index is 12.4. The average Bonchev–Trinajstić information content (AvgIpc) is 2.57. The third-order valence-electron chi connectivity index (χ3n) is 4.80. The van der Waals surface area contributed by atoms with Crippen LogP contribution in [0.1, 0.15) is 51.9 Å². The number of carbonyl (C=O) groups excluding carboxylic acids is 1. The minimum Gasteiger partial charge on any atom is -0.330 e. The first-order valence-electron chi connectivity index (χ1n) is 8.98. The van der Waals surface area contributed by atoms with E-state index in [0.717, 1.165) is 25.7 Å². The highest BCUT2D eigenvalue weighted by atomic mass is 35.5. The topological polar surface area (TPSA) is 101 Å². The number of sulfonamides is 1. The normalized spacial score (nSPS) is 16.4. The van der Waals surface area contributed by atoms with Crippen LogP contribution in [0.3, 0.4) is 0 Å². The summed E-state index contributed by atoms with van der Waals surface area (Å²) in [5, 5.41) is 2.89. The standard InChI is InChI=1S/C18H29N3O3S.ClH/c1-2-12-25(23,24)21-16-8-6-15(7-9-16)20-17(22)13-18(14-19)10-4-3-5-11-18;/h6-9,21H,2-5,10-14,19H2,1H3,(H,20,22);1H. The number of amides is 1. The second kappa shape index (κ2) is 10.1. The molecule has 0 aromatic heterocycles. The van der Waals surface area contributed by atoms with Gasteiger partial charge in [-0.05, 0) is 55.5 Å². The molecule has 1 amide bonds. The Labute approximate surface area is 162 Å². The Balaban J connectivity index is 0.00000338. The number of rotatable bonds is 8. The number of nitrogens with one attached hydrogen (secondary N) is 2. The molecule has 26 heavy (non-hydrogen) atoms. The molecular formula is C18H30ClN3O3S. The Morgan fingerprint density at radius 1 is 1.12 bits per heavy atom. The van der Waals surface area contributed by atoms with E-state index in [0.29, 0.717) is 30.8 Å². The van der Waals surface area contributed by atoms with Crippen molar-refractivity contribution in [3.8, 4) is 0 Å². The summed E-state index contributed by atoms with van der Waals surface area (Å²) in [6.45, 7) is 2.36. The Morgan fingerprint density at radius 3 is 2.23 bits per heavy atom. The Kier molecular flexibility index (Phi) is 8.86. The molecule has 148 valence electrons. The fraction of sp³-hybridized carbons (Fsp3) is 0.611. The molecule has 0 bridgehead atoms. The highest BCUT2D eigenvalue weighted by Crippen LogP contribution is 2.38. The van der Waals surface area contributed by atoms with Crippen molar-refractivity contribution >= 4 is 39.7 Å². The summed E-state index contributed by atoms with van der Waals surface area (Å²) in [4.78, 5) is 12.4. The zero-order valence-corrected chi connectivity index (χ0v) is 16.9. The van der Waals surface area contributed by atoms with Crippen molar-refractivity contribution in [3.63, 3.8) is 0 Å². The van der Waals surface area contributed by atoms with Crippen molar-refractivity contribution in [1.82, 2.24) is 0 Å². The molecule has 1 fully saturated rings. The molecule has 1 aliphatic carbocycles. The summed E-state index contributed by atoms with van der Waals surface area (Å²) in [7, 11) is -3.30. The predicted molar refractivity (Wildman–Crippen MR) is 109 cm³/mol. The van der Waals surface area contributed by atoms with E-state index in [4.69, 9.17) is 5.73 Å². The molecule has 0 radical (unpaired) electrons. The van der Waals surface area contributed by atoms with Gasteiger partial charge < -0.3 is 11.1 Å². The monoisotopic (exact) mass is 403 g/mol. The molecule has 1 aromatic carbocycles. The van der Waals surface area contributed by atoms with Crippen LogP contribution in [0, 0.1) is 5.41 Å². The van der Waals surface area contributed by atoms with Crippen molar-refractivity contribution in [2.45, 2.75) is 51.9 Å². The molecule has 0 atom stereocenters. The molecule has 0 unspecified atom stereocenters. The summed E-state index contributed by atoms with van der Waals surface area (Å²) in [5.74, 6) is 0.0544. The van der Waals surface area contributed by atoms with Gasteiger partial charge in [-0.3, -0.25) is 9.52 Å². The van der Waals surface area contributed by atoms with Gasteiger partial charge in [-0.2, -0.15) is 0 Å². The van der Waals surface area contributed by atoms with Crippen LogP contribution in [-0.4, -0.2) is 26.6 Å². The van der Waals surface area contributed by atoms with Crippen LogP contribution in [0.4, 0.5) is 11.4 Å². The van der Waals surface area contributed by atoms with Crippen LogP contribution in [-0.2, 0) is 14.8 Å². The smallest absolute Gasteiger partial charge is 0.232 e. The van der Waals surface area contributed by atoms with E-state index >= 15 is 0 Å². The zero-order valence-electron chi connectivity index (χ0n) is 15.3. The minimum atomic E-state index is -3.30. The van der Waals surface area contributed by atoms with Crippen LogP contribution in [0.15, 0.2) is 24.3 Å². The number of hydrogen-bond acceptors (Lipinski definition) is 4. The highest BCUT2D eigenvalue weighted by Gasteiger charge is 2.32. The zero-order chi connectivity index (χ0) is 18.3. The summed E-state index contributed by atoms with van der Waals surface area (Å²) < 4.78 is 26.0. The molecule has 6 nitrogen and oxygen atoms in total. The van der Waals surface area contributed by atoms with Gasteiger partial charge in [-0.1, -0.05) is 26.2 Å². The van der Waals surface area contributed by atoms with Crippen LogP contribution in [0.2, 0.25) is 0 Å². The van der Waals surface area contributed by atoms with Crippen LogP contribution in [0.5, 0.6) is 0 Å². The van der Waals surface area contributed by atoms with Gasteiger partial charge in [0.15, 0.2) is 0 Å². The number of anilines is 2. The van der Waals surface area contributed by atoms with E-state index in [1.165, 1.54) is 6.42 Å². The van der Waals surface area contributed by atoms with E-state index in [9.17, 15) is 13.2 Å². The fourth-order valence-electron chi connectivity index (χ4n) is 3.42. The third-order valence-corrected chi connectivity index (χ3v) is 6.29. The number of nitrogens with two attached hydrogens (primary N) is 1. The first kappa shape index (κ1) is 22.7. The lowest BCUT2D eigenvalue weighted by atomic mass is 9.71. The lowest BCUT2D eigenvalue weighted by Crippen LogP contribution is -2.36. The Hall–Kier alpha value is -1.31. The van der Waals surface area contributed by atoms with Gasteiger partial charge >= 0.3 is 0 Å². The second-order valence-electron chi connectivity index (χ2n) is 6.99.